The van der Waals surface area contributed by atoms with Crippen LogP contribution in [0.25, 0.3) is 10.8 Å². The van der Waals surface area contributed by atoms with Crippen molar-refractivity contribution in [1.82, 2.24) is 5.32 Å². The molecule has 2 aromatic carbocycles. The number of fused-ring (bicyclic) bond motifs is 1. The molecule has 1 unspecified atom stereocenters. The molecule has 3 nitrogen and oxygen atoms in total. The lowest BCUT2D eigenvalue weighted by Crippen LogP contribution is -2.41. The molecule has 0 bridgehead atoms. The molecule has 0 saturated carbocycles. The maximum absolute atomic E-state index is 12.6. The molecule has 1 N–H and O–H groups in total. The van der Waals surface area contributed by atoms with E-state index in [1.165, 1.54) is 5.39 Å². The number of carbonyl (C=O) groups is 1. The van der Waals surface area contributed by atoms with Crippen LogP contribution in [-0.2, 0) is 4.79 Å². The molecule has 0 radical (unpaired) electrons. The van der Waals surface area contributed by atoms with Crippen LogP contribution < -0.4 is 10.2 Å². The first-order valence-corrected chi connectivity index (χ1v) is 7.23. The molecule has 1 aliphatic rings. The second-order valence-electron chi connectivity index (χ2n) is 5.44. The average Bonchev–Trinajstić information content (AvgIpc) is 2.54. The Bertz CT molecular complexity index is 612. The molecule has 1 amide bonds. The van der Waals surface area contributed by atoms with E-state index in [-0.39, 0.29) is 11.8 Å². The summed E-state index contributed by atoms with van der Waals surface area (Å²) in [6, 6.07) is 14.3. The van der Waals surface area contributed by atoms with E-state index in [2.05, 4.69) is 23.5 Å². The fraction of sp³-hybridized carbons (Fsp3) is 0.353. The van der Waals surface area contributed by atoms with E-state index in [4.69, 9.17) is 0 Å². The molecule has 104 valence electrons. The number of amides is 1. The zero-order valence-corrected chi connectivity index (χ0v) is 11.8. The Morgan fingerprint density at radius 3 is 2.80 bits per heavy atom. The second-order valence-corrected chi connectivity index (χ2v) is 5.44. The minimum Gasteiger partial charge on any atom is -0.316 e. The predicted molar refractivity (Wildman–Crippen MR) is 83.0 cm³/mol. The molecule has 3 heteroatoms. The van der Waals surface area contributed by atoms with Crippen LogP contribution in [0.5, 0.6) is 0 Å². The molecule has 1 fully saturated rings. The monoisotopic (exact) mass is 268 g/mol. The highest BCUT2D eigenvalue weighted by molar-refractivity contribution is 6.04. The number of hydrogen-bond acceptors (Lipinski definition) is 2. The molecule has 1 aliphatic heterocycles. The van der Waals surface area contributed by atoms with Gasteiger partial charge in [-0.2, -0.15) is 0 Å². The lowest BCUT2D eigenvalue weighted by Gasteiger charge is -2.27. The number of piperidine rings is 1. The molecular formula is C17H20N2O. The van der Waals surface area contributed by atoms with Gasteiger partial charge >= 0.3 is 0 Å². The molecule has 2 aromatic rings. The molecule has 1 saturated heterocycles. The van der Waals surface area contributed by atoms with Crippen molar-refractivity contribution in [3.8, 4) is 0 Å². The van der Waals surface area contributed by atoms with Gasteiger partial charge in [0, 0.05) is 19.0 Å². The first-order chi connectivity index (χ1) is 9.77. The third-order valence-electron chi connectivity index (χ3n) is 4.10. The smallest absolute Gasteiger partial charge is 0.231 e. The molecule has 20 heavy (non-hydrogen) atoms. The summed E-state index contributed by atoms with van der Waals surface area (Å²) in [4.78, 5) is 14.4. The van der Waals surface area contributed by atoms with Crippen molar-refractivity contribution in [2.75, 3.05) is 25.0 Å². The Labute approximate surface area is 119 Å². The van der Waals surface area contributed by atoms with Crippen LogP contribution in [0, 0.1) is 5.92 Å². The number of carbonyl (C=O) groups excluding carboxylic acids is 1. The van der Waals surface area contributed by atoms with Crippen LogP contribution in [0.4, 0.5) is 5.69 Å². The van der Waals surface area contributed by atoms with Crippen LogP contribution in [-0.4, -0.2) is 26.0 Å². The van der Waals surface area contributed by atoms with Gasteiger partial charge in [0.25, 0.3) is 0 Å². The average molecular weight is 268 g/mol. The van der Waals surface area contributed by atoms with Crippen molar-refractivity contribution in [1.29, 1.82) is 0 Å². The summed E-state index contributed by atoms with van der Waals surface area (Å²) in [6.45, 7) is 1.83. The molecular weight excluding hydrogens is 248 g/mol. The molecule has 1 atom stereocenters. The number of rotatable bonds is 2. The summed E-state index contributed by atoms with van der Waals surface area (Å²) in [6.07, 6.45) is 2.07. The lowest BCUT2D eigenvalue weighted by molar-refractivity contribution is -0.122. The van der Waals surface area contributed by atoms with Gasteiger partial charge in [-0.15, -0.1) is 0 Å². The van der Waals surface area contributed by atoms with Gasteiger partial charge in [-0.3, -0.25) is 4.79 Å². The molecule has 1 heterocycles. The first kappa shape index (κ1) is 13.1. The predicted octanol–water partition coefficient (Wildman–Crippen LogP) is 2.80. The van der Waals surface area contributed by atoms with Gasteiger partial charge in [-0.1, -0.05) is 36.4 Å². The maximum atomic E-state index is 12.6. The third-order valence-corrected chi connectivity index (χ3v) is 4.10. The van der Waals surface area contributed by atoms with Crippen molar-refractivity contribution in [2.45, 2.75) is 12.8 Å². The van der Waals surface area contributed by atoms with Gasteiger partial charge in [0.15, 0.2) is 0 Å². The Kier molecular flexibility index (Phi) is 3.70. The van der Waals surface area contributed by atoms with Crippen LogP contribution >= 0.6 is 0 Å². The molecule has 0 aromatic heterocycles. The molecule has 0 aliphatic carbocycles. The summed E-state index contributed by atoms with van der Waals surface area (Å²) in [5.41, 5.74) is 0.999. The van der Waals surface area contributed by atoms with E-state index >= 15 is 0 Å². The summed E-state index contributed by atoms with van der Waals surface area (Å²) in [7, 11) is 1.89. The van der Waals surface area contributed by atoms with Gasteiger partial charge in [0.1, 0.15) is 0 Å². The van der Waals surface area contributed by atoms with Crippen LogP contribution in [0.3, 0.4) is 0 Å². The number of anilines is 1. The van der Waals surface area contributed by atoms with Gasteiger partial charge in [0.05, 0.1) is 11.6 Å². The molecule has 3 rings (SSSR count). The van der Waals surface area contributed by atoms with Crippen molar-refractivity contribution < 1.29 is 4.79 Å². The Morgan fingerprint density at radius 2 is 2.00 bits per heavy atom. The summed E-state index contributed by atoms with van der Waals surface area (Å²) in [5, 5.41) is 5.62. The number of nitrogens with zero attached hydrogens (tertiary/aromatic N) is 1. The third kappa shape index (κ3) is 2.41. The summed E-state index contributed by atoms with van der Waals surface area (Å²) >= 11 is 0. The van der Waals surface area contributed by atoms with E-state index in [1.807, 2.05) is 36.2 Å². The minimum absolute atomic E-state index is 0.104. The van der Waals surface area contributed by atoms with Gasteiger partial charge in [0.2, 0.25) is 5.91 Å². The van der Waals surface area contributed by atoms with Crippen LogP contribution in [0.2, 0.25) is 0 Å². The van der Waals surface area contributed by atoms with Crippen molar-refractivity contribution in [2.24, 2.45) is 5.92 Å². The SMILES string of the molecule is CN(C(=O)C1CCCNC1)c1cccc2ccccc12. The Balaban J connectivity index is 1.91. The zero-order valence-electron chi connectivity index (χ0n) is 11.8. The Morgan fingerprint density at radius 1 is 1.20 bits per heavy atom. The highest BCUT2D eigenvalue weighted by Crippen LogP contribution is 2.27. The largest absolute Gasteiger partial charge is 0.316 e. The zero-order chi connectivity index (χ0) is 13.9. The topological polar surface area (TPSA) is 32.3 Å². The van der Waals surface area contributed by atoms with Crippen LogP contribution in [0.15, 0.2) is 42.5 Å². The Hall–Kier alpha value is -1.87. The molecule has 0 spiro atoms. The van der Waals surface area contributed by atoms with Gasteiger partial charge < -0.3 is 10.2 Å². The van der Waals surface area contributed by atoms with E-state index in [0.717, 1.165) is 37.0 Å². The van der Waals surface area contributed by atoms with Crippen molar-refractivity contribution in [3.63, 3.8) is 0 Å². The van der Waals surface area contributed by atoms with Crippen molar-refractivity contribution in [3.05, 3.63) is 42.5 Å². The van der Waals surface area contributed by atoms with E-state index in [9.17, 15) is 4.79 Å². The fourth-order valence-electron chi connectivity index (χ4n) is 2.96. The quantitative estimate of drug-likeness (QED) is 0.908. The number of benzene rings is 2. The fourth-order valence-corrected chi connectivity index (χ4v) is 2.96. The maximum Gasteiger partial charge on any atom is 0.231 e. The van der Waals surface area contributed by atoms with E-state index in [0.29, 0.717) is 0 Å². The van der Waals surface area contributed by atoms with Crippen LogP contribution in [0.1, 0.15) is 12.8 Å². The van der Waals surface area contributed by atoms with Gasteiger partial charge in [-0.25, -0.2) is 0 Å². The van der Waals surface area contributed by atoms with Crippen molar-refractivity contribution >= 4 is 22.4 Å². The second kappa shape index (κ2) is 5.63. The standard InChI is InChI=1S/C17H20N2O/c1-19(17(20)14-8-5-11-18-12-14)16-10-4-7-13-6-2-3-9-15(13)16/h2-4,6-7,9-10,14,18H,5,8,11-12H2,1H3. The number of nitrogens with one attached hydrogen (secondary N) is 1. The van der Waals surface area contributed by atoms with E-state index < -0.39 is 0 Å². The van der Waals surface area contributed by atoms with E-state index in [1.54, 1.807) is 0 Å². The summed E-state index contributed by atoms with van der Waals surface area (Å²) in [5.74, 6) is 0.321. The minimum atomic E-state index is 0.104. The van der Waals surface area contributed by atoms with Gasteiger partial charge in [-0.05, 0) is 30.8 Å². The number of hydrogen-bond donors (Lipinski definition) is 1. The normalized spacial score (nSPS) is 18.9. The summed E-state index contributed by atoms with van der Waals surface area (Å²) < 4.78 is 0. The first-order valence-electron chi connectivity index (χ1n) is 7.23. The highest BCUT2D eigenvalue weighted by Gasteiger charge is 2.25. The highest BCUT2D eigenvalue weighted by atomic mass is 16.2. The lowest BCUT2D eigenvalue weighted by atomic mass is 9.97.